The molecule has 0 aromatic heterocycles. The van der Waals surface area contributed by atoms with Crippen LogP contribution in [0, 0.1) is 5.92 Å². The number of piperidine rings is 1. The van der Waals surface area contributed by atoms with Crippen LogP contribution >= 0.6 is 0 Å². The predicted molar refractivity (Wildman–Crippen MR) is 91.8 cm³/mol. The van der Waals surface area contributed by atoms with Crippen molar-refractivity contribution in [3.63, 3.8) is 0 Å². The van der Waals surface area contributed by atoms with Crippen LogP contribution in [0.25, 0.3) is 0 Å². The minimum Gasteiger partial charge on any atom is -0.387 e. The Hall–Kier alpha value is -1.39. The summed E-state index contributed by atoms with van der Waals surface area (Å²) in [6, 6.07) is 6.17. The van der Waals surface area contributed by atoms with Gasteiger partial charge in [-0.05, 0) is 80.7 Å². The van der Waals surface area contributed by atoms with Crippen LogP contribution < -0.4 is 5.73 Å². The van der Waals surface area contributed by atoms with Crippen molar-refractivity contribution in [2.75, 3.05) is 13.1 Å². The smallest absolute Gasteiger partial charge is 0.248 e. The molecule has 3 aliphatic carbocycles. The van der Waals surface area contributed by atoms with Gasteiger partial charge in [-0.3, -0.25) is 9.69 Å². The maximum absolute atomic E-state index is 11.8. The van der Waals surface area contributed by atoms with Crippen molar-refractivity contribution >= 4 is 5.91 Å². The van der Waals surface area contributed by atoms with Gasteiger partial charge in [-0.2, -0.15) is 0 Å². The quantitative estimate of drug-likeness (QED) is 0.892. The van der Waals surface area contributed by atoms with Crippen LogP contribution in [-0.2, 0) is 11.8 Å². The molecule has 3 fully saturated rings. The number of carbonyl (C=O) groups excluding carboxylic acids is 1. The van der Waals surface area contributed by atoms with Crippen LogP contribution in [0.5, 0.6) is 0 Å². The summed E-state index contributed by atoms with van der Waals surface area (Å²) in [5.74, 6) is 0.477. The highest BCUT2D eigenvalue weighted by Crippen LogP contribution is 2.60. The molecule has 1 heterocycles. The van der Waals surface area contributed by atoms with Gasteiger partial charge in [0.1, 0.15) is 0 Å². The van der Waals surface area contributed by atoms with Gasteiger partial charge in [0.25, 0.3) is 0 Å². The summed E-state index contributed by atoms with van der Waals surface area (Å²) in [5, 5.41) is 11.8. The molecule has 0 spiro atoms. The Bertz CT molecular complexity index is 714. The lowest BCUT2D eigenvalue weighted by Gasteiger charge is -2.59. The number of carbonyl (C=O) groups is 1. The van der Waals surface area contributed by atoms with Gasteiger partial charge < -0.3 is 10.8 Å². The number of hydrogen-bond acceptors (Lipinski definition) is 3. The summed E-state index contributed by atoms with van der Waals surface area (Å²) in [6.07, 6.45) is 7.61. The Balaban J connectivity index is 1.63. The zero-order valence-electron chi connectivity index (χ0n) is 14.1. The summed E-state index contributed by atoms with van der Waals surface area (Å²) >= 11 is 0. The van der Waals surface area contributed by atoms with Crippen LogP contribution in [-0.4, -0.2) is 40.6 Å². The minimum atomic E-state index is -0.636. The molecule has 4 aliphatic rings. The van der Waals surface area contributed by atoms with Gasteiger partial charge in [-0.15, -0.1) is 0 Å². The first kappa shape index (κ1) is 14.9. The summed E-state index contributed by atoms with van der Waals surface area (Å²) in [4.78, 5) is 14.2. The van der Waals surface area contributed by atoms with Crippen LogP contribution in [0.3, 0.4) is 0 Å². The van der Waals surface area contributed by atoms with E-state index in [-0.39, 0.29) is 17.4 Å². The van der Waals surface area contributed by atoms with Gasteiger partial charge in [0, 0.05) is 23.6 Å². The van der Waals surface area contributed by atoms with Crippen molar-refractivity contribution in [2.45, 2.75) is 62.0 Å². The fourth-order valence-corrected chi connectivity index (χ4v) is 5.95. The fourth-order valence-electron chi connectivity index (χ4n) is 5.95. The Morgan fingerprint density at radius 1 is 1.29 bits per heavy atom. The molecule has 3 N–H and O–H groups in total. The van der Waals surface area contributed by atoms with Gasteiger partial charge in [0.15, 0.2) is 0 Å². The van der Waals surface area contributed by atoms with E-state index in [1.165, 1.54) is 24.0 Å². The fraction of sp³-hybridized carbons (Fsp3) is 0.650. The standard InChI is InChI=1S/C20H26N2O2/c21-18(23)15-5-4-14-11-17-20(24)7-1-6-19(20,16(14)10-15)8-9-22(17)12-13-2-3-13/h4-5,10,13,17,24H,1-3,6-9,11-12H2,(H2,21,23)/t17?,19-,20+/m0/s1. The molecule has 128 valence electrons. The van der Waals surface area contributed by atoms with Crippen molar-refractivity contribution in [1.82, 2.24) is 4.90 Å². The predicted octanol–water partition coefficient (Wildman–Crippen LogP) is 1.98. The number of rotatable bonds is 3. The molecule has 1 aromatic rings. The van der Waals surface area contributed by atoms with E-state index >= 15 is 0 Å². The van der Waals surface area contributed by atoms with Crippen molar-refractivity contribution < 1.29 is 9.90 Å². The summed E-state index contributed by atoms with van der Waals surface area (Å²) in [5.41, 5.74) is 7.82. The van der Waals surface area contributed by atoms with Crippen molar-refractivity contribution in [3.8, 4) is 0 Å². The normalized spacial score (nSPS) is 37.8. The molecule has 5 rings (SSSR count). The lowest BCUT2D eigenvalue weighted by molar-refractivity contribution is -0.130. The topological polar surface area (TPSA) is 66.6 Å². The average molecular weight is 326 g/mol. The van der Waals surface area contributed by atoms with Gasteiger partial charge in [-0.25, -0.2) is 0 Å². The first-order valence-electron chi connectivity index (χ1n) is 9.43. The second-order valence-electron chi connectivity index (χ2n) is 8.50. The molecule has 1 saturated heterocycles. The van der Waals surface area contributed by atoms with Crippen LogP contribution in [0.2, 0.25) is 0 Å². The van der Waals surface area contributed by atoms with E-state index in [1.807, 2.05) is 12.1 Å². The van der Waals surface area contributed by atoms with E-state index in [0.29, 0.717) is 5.56 Å². The molecule has 1 aromatic carbocycles. The van der Waals surface area contributed by atoms with Crippen LogP contribution in [0.1, 0.15) is 60.0 Å². The number of likely N-dealkylation sites (tertiary alicyclic amines) is 1. The number of benzene rings is 1. The van der Waals surface area contributed by atoms with Crippen LogP contribution in [0.15, 0.2) is 18.2 Å². The number of aliphatic hydroxyl groups is 1. The number of fused-ring (bicyclic) bond motifs is 1. The third-order valence-corrected chi connectivity index (χ3v) is 7.32. The average Bonchev–Trinajstić information content (AvgIpc) is 3.29. The summed E-state index contributed by atoms with van der Waals surface area (Å²) < 4.78 is 0. The number of nitrogens with zero attached hydrogens (tertiary/aromatic N) is 1. The van der Waals surface area contributed by atoms with Gasteiger partial charge in [-0.1, -0.05) is 6.07 Å². The first-order chi connectivity index (χ1) is 11.5. The molecular formula is C20H26N2O2. The number of hydrogen-bond donors (Lipinski definition) is 2. The molecule has 24 heavy (non-hydrogen) atoms. The Labute approximate surface area is 143 Å². The third kappa shape index (κ3) is 1.84. The van der Waals surface area contributed by atoms with E-state index in [0.717, 1.165) is 51.1 Å². The molecule has 2 saturated carbocycles. The lowest BCUT2D eigenvalue weighted by Crippen LogP contribution is -2.69. The van der Waals surface area contributed by atoms with E-state index in [9.17, 15) is 9.90 Å². The Kier molecular flexibility index (Phi) is 3.00. The van der Waals surface area contributed by atoms with Crippen molar-refractivity contribution in [3.05, 3.63) is 34.9 Å². The molecule has 0 radical (unpaired) electrons. The summed E-state index contributed by atoms with van der Waals surface area (Å²) in [7, 11) is 0. The molecule has 1 aliphatic heterocycles. The molecule has 4 heteroatoms. The Morgan fingerprint density at radius 3 is 2.88 bits per heavy atom. The second kappa shape index (κ2) is 4.83. The maximum Gasteiger partial charge on any atom is 0.248 e. The lowest BCUT2D eigenvalue weighted by atomic mass is 9.56. The number of primary amides is 1. The zero-order chi connectivity index (χ0) is 16.5. The van der Waals surface area contributed by atoms with Gasteiger partial charge in [0.05, 0.1) is 5.60 Å². The number of amides is 1. The van der Waals surface area contributed by atoms with Crippen molar-refractivity contribution in [1.29, 1.82) is 0 Å². The zero-order valence-corrected chi connectivity index (χ0v) is 14.1. The molecule has 4 nitrogen and oxygen atoms in total. The maximum atomic E-state index is 11.8. The SMILES string of the molecule is NC(=O)c1ccc2c(c1)[C@@]13CCC[C@@]1(O)C(C2)N(CC1CC1)CC3. The molecule has 3 atom stereocenters. The first-order valence-corrected chi connectivity index (χ1v) is 9.43. The highest BCUT2D eigenvalue weighted by molar-refractivity contribution is 5.93. The molecular weight excluding hydrogens is 300 g/mol. The van der Waals surface area contributed by atoms with Crippen molar-refractivity contribution in [2.24, 2.45) is 11.7 Å². The number of nitrogens with two attached hydrogens (primary N) is 1. The second-order valence-corrected chi connectivity index (χ2v) is 8.50. The molecule has 1 unspecified atom stereocenters. The van der Waals surface area contributed by atoms with E-state index in [2.05, 4.69) is 11.0 Å². The van der Waals surface area contributed by atoms with E-state index in [4.69, 9.17) is 5.73 Å². The Morgan fingerprint density at radius 2 is 2.12 bits per heavy atom. The molecule has 1 amide bonds. The van der Waals surface area contributed by atoms with Gasteiger partial charge >= 0.3 is 0 Å². The van der Waals surface area contributed by atoms with E-state index < -0.39 is 5.60 Å². The van der Waals surface area contributed by atoms with E-state index in [1.54, 1.807) is 0 Å². The monoisotopic (exact) mass is 326 g/mol. The highest BCUT2D eigenvalue weighted by atomic mass is 16.3. The van der Waals surface area contributed by atoms with Crippen LogP contribution in [0.4, 0.5) is 0 Å². The van der Waals surface area contributed by atoms with Gasteiger partial charge in [0.2, 0.25) is 5.91 Å². The highest BCUT2D eigenvalue weighted by Gasteiger charge is 2.64. The summed E-state index contributed by atoms with van der Waals surface area (Å²) in [6.45, 7) is 2.22. The third-order valence-electron chi connectivity index (χ3n) is 7.32. The molecule has 2 bridgehead atoms. The largest absolute Gasteiger partial charge is 0.387 e. The minimum absolute atomic E-state index is 0.170.